The van der Waals surface area contributed by atoms with Gasteiger partial charge in [-0.15, -0.1) is 11.3 Å². The van der Waals surface area contributed by atoms with E-state index in [4.69, 9.17) is 4.74 Å². The van der Waals surface area contributed by atoms with E-state index in [1.165, 1.54) is 33.4 Å². The van der Waals surface area contributed by atoms with Crippen LogP contribution in [0.25, 0.3) is 11.8 Å². The standard InChI is InChI=1S/C29H26F4N6O4S2/c1-37-9-8-25(36-37)45(41,42)39(22-15-43-16-22)21-5-2-18-10-23-17(13-35-38(23)20-6-3-19(30)4-7-20)11-28(18,12-21)26(40)27-34-14-24(44-27)29(31,32)33/h3-4,6-10,13-14,21-22H,2,5,11-12,15-16H2,1H3/t21-,28-/m0/s1. The number of aryl methyl sites for hydroxylation is 1. The van der Waals surface area contributed by atoms with Gasteiger partial charge in [0.15, 0.2) is 10.0 Å². The van der Waals surface area contributed by atoms with Gasteiger partial charge in [-0.3, -0.25) is 9.48 Å². The van der Waals surface area contributed by atoms with Gasteiger partial charge in [-0.25, -0.2) is 22.5 Å². The summed E-state index contributed by atoms with van der Waals surface area (Å²) < 4.78 is 92.0. The van der Waals surface area contributed by atoms with Crippen LogP contribution in [0.4, 0.5) is 17.6 Å². The number of alkyl halides is 3. The lowest BCUT2D eigenvalue weighted by atomic mass is 9.61. The second kappa shape index (κ2) is 10.7. The number of benzene rings is 1. The molecule has 2 fully saturated rings. The molecule has 1 aromatic carbocycles. The van der Waals surface area contributed by atoms with Gasteiger partial charge >= 0.3 is 6.18 Å². The highest BCUT2D eigenvalue weighted by atomic mass is 32.2. The molecule has 2 aliphatic carbocycles. The van der Waals surface area contributed by atoms with Crippen LogP contribution in [0, 0.1) is 11.2 Å². The van der Waals surface area contributed by atoms with Crippen LogP contribution in [-0.2, 0) is 34.4 Å². The number of nitrogens with zero attached hydrogens (tertiary/aromatic N) is 6. The van der Waals surface area contributed by atoms with Gasteiger partial charge in [-0.05, 0) is 67.7 Å². The van der Waals surface area contributed by atoms with Crippen molar-refractivity contribution in [3.8, 4) is 5.69 Å². The third kappa shape index (κ3) is 5.03. The van der Waals surface area contributed by atoms with Crippen LogP contribution in [0.3, 0.4) is 0 Å². The highest BCUT2D eigenvalue weighted by molar-refractivity contribution is 7.89. The van der Waals surface area contributed by atoms with E-state index in [1.54, 1.807) is 30.1 Å². The molecule has 45 heavy (non-hydrogen) atoms. The summed E-state index contributed by atoms with van der Waals surface area (Å²) >= 11 is 0.280. The van der Waals surface area contributed by atoms with E-state index >= 15 is 0 Å². The molecule has 10 nitrogen and oxygen atoms in total. The van der Waals surface area contributed by atoms with Crippen LogP contribution < -0.4 is 0 Å². The third-order valence-corrected chi connectivity index (χ3v) is 11.6. The van der Waals surface area contributed by atoms with Crippen molar-refractivity contribution >= 4 is 33.2 Å². The van der Waals surface area contributed by atoms with E-state index in [-0.39, 0.29) is 47.4 Å². The van der Waals surface area contributed by atoms with Gasteiger partial charge < -0.3 is 4.74 Å². The van der Waals surface area contributed by atoms with Crippen molar-refractivity contribution in [1.29, 1.82) is 0 Å². The van der Waals surface area contributed by atoms with Crippen molar-refractivity contribution in [3.05, 3.63) is 81.5 Å². The summed E-state index contributed by atoms with van der Waals surface area (Å²) in [5.41, 5.74) is 1.18. The summed E-state index contributed by atoms with van der Waals surface area (Å²) in [5.74, 6) is -1.01. The number of ketones is 1. The Hall–Kier alpha value is -3.73. The molecular weight excluding hydrogens is 636 g/mol. The molecule has 1 saturated carbocycles. The van der Waals surface area contributed by atoms with Crippen molar-refractivity contribution in [2.75, 3.05) is 13.2 Å². The minimum Gasteiger partial charge on any atom is -0.378 e. The average Bonchev–Trinajstić information content (AvgIpc) is 3.73. The second-order valence-electron chi connectivity index (χ2n) is 11.5. The summed E-state index contributed by atoms with van der Waals surface area (Å²) in [4.78, 5) is 17.3. The predicted molar refractivity (Wildman–Crippen MR) is 154 cm³/mol. The molecule has 0 spiro atoms. The lowest BCUT2D eigenvalue weighted by Gasteiger charge is -2.48. The van der Waals surface area contributed by atoms with Gasteiger partial charge in [0.25, 0.3) is 10.0 Å². The maximum Gasteiger partial charge on any atom is 0.427 e. The Labute approximate surface area is 259 Å². The van der Waals surface area contributed by atoms with Crippen molar-refractivity contribution in [1.82, 2.24) is 28.9 Å². The van der Waals surface area contributed by atoms with Crippen LogP contribution >= 0.6 is 11.3 Å². The Balaban J connectivity index is 1.33. The van der Waals surface area contributed by atoms with E-state index in [0.717, 1.165) is 0 Å². The number of carbonyl (C=O) groups excluding carboxylic acids is 1. The molecule has 16 heteroatoms. The number of halogens is 4. The normalized spacial score (nSPS) is 22.1. The maximum absolute atomic E-state index is 14.4. The van der Waals surface area contributed by atoms with Crippen LogP contribution in [-0.4, -0.2) is 68.3 Å². The number of hydrogen-bond acceptors (Lipinski definition) is 8. The molecule has 0 unspecified atom stereocenters. The summed E-state index contributed by atoms with van der Waals surface area (Å²) in [6.45, 7) is 0.338. The lowest BCUT2D eigenvalue weighted by molar-refractivity contribution is -0.134. The highest BCUT2D eigenvalue weighted by Gasteiger charge is 2.54. The number of rotatable bonds is 7. The number of ether oxygens (including phenoxy) is 1. The summed E-state index contributed by atoms with van der Waals surface area (Å²) in [5, 5.41) is 8.18. The maximum atomic E-state index is 14.4. The highest BCUT2D eigenvalue weighted by Crippen LogP contribution is 2.52. The Bertz CT molecular complexity index is 1930. The number of thiazole rings is 1. The zero-order valence-corrected chi connectivity index (χ0v) is 25.4. The largest absolute Gasteiger partial charge is 0.427 e. The van der Waals surface area contributed by atoms with Gasteiger partial charge in [0.1, 0.15) is 10.7 Å². The zero-order valence-electron chi connectivity index (χ0n) is 23.7. The van der Waals surface area contributed by atoms with Gasteiger partial charge in [0, 0.05) is 19.3 Å². The molecule has 7 rings (SSSR count). The summed E-state index contributed by atoms with van der Waals surface area (Å²) in [6, 6.07) is 5.99. The van der Waals surface area contributed by atoms with Gasteiger partial charge in [-0.2, -0.15) is 27.7 Å². The summed E-state index contributed by atoms with van der Waals surface area (Å²) in [6.07, 6.45) is 1.64. The fourth-order valence-electron chi connectivity index (χ4n) is 6.50. The molecule has 3 aliphatic rings. The number of Topliss-reactive ketones (excluding diaryl/α,β-unsaturated/α-hetero) is 1. The van der Waals surface area contributed by atoms with E-state index in [9.17, 15) is 30.8 Å². The van der Waals surface area contributed by atoms with Crippen molar-refractivity contribution < 1.29 is 35.5 Å². The Kier molecular flexibility index (Phi) is 7.11. The predicted octanol–water partition coefficient (Wildman–Crippen LogP) is 4.67. The van der Waals surface area contributed by atoms with E-state index < -0.39 is 50.2 Å². The molecule has 0 bridgehead atoms. The third-order valence-electron chi connectivity index (χ3n) is 8.69. The molecule has 1 aliphatic heterocycles. The van der Waals surface area contributed by atoms with Crippen molar-refractivity contribution in [3.63, 3.8) is 0 Å². The first-order valence-electron chi connectivity index (χ1n) is 14.1. The first-order valence-corrected chi connectivity index (χ1v) is 16.4. The molecule has 0 amide bonds. The molecule has 236 valence electrons. The number of allylic oxidation sites excluding steroid dienone is 1. The fraction of sp³-hybridized carbons (Fsp3) is 0.379. The molecule has 3 aromatic heterocycles. The van der Waals surface area contributed by atoms with E-state index in [1.807, 2.05) is 6.08 Å². The van der Waals surface area contributed by atoms with Crippen molar-refractivity contribution in [2.45, 2.75) is 49.0 Å². The number of hydrogen-bond donors (Lipinski definition) is 0. The molecule has 4 heterocycles. The molecule has 1 saturated heterocycles. The molecular formula is C29H26F4N6O4S2. The van der Waals surface area contributed by atoms with Gasteiger partial charge in [-0.1, -0.05) is 5.57 Å². The molecule has 0 radical (unpaired) electrons. The smallest absolute Gasteiger partial charge is 0.378 e. The molecule has 2 atom stereocenters. The topological polar surface area (TPSA) is 112 Å². The molecule has 0 N–H and O–H groups in total. The van der Waals surface area contributed by atoms with E-state index in [0.29, 0.717) is 41.6 Å². The Morgan fingerprint density at radius 2 is 1.89 bits per heavy atom. The Morgan fingerprint density at radius 3 is 2.51 bits per heavy atom. The SMILES string of the molecule is Cn1ccc(S(=O)(=O)N(C2COC2)[C@H]2CCC3=Cc4c(cnn4-c4ccc(F)cc4)C[C@]3(C(=O)c3ncc(C(F)(F)F)s3)C2)n1. The number of aromatic nitrogens is 5. The number of carbonyl (C=O) groups is 1. The lowest BCUT2D eigenvalue weighted by Crippen LogP contribution is -2.59. The minimum atomic E-state index is -4.67. The van der Waals surface area contributed by atoms with Crippen molar-refractivity contribution in [2.24, 2.45) is 12.5 Å². The van der Waals surface area contributed by atoms with Gasteiger partial charge in [0.05, 0.1) is 48.4 Å². The Morgan fingerprint density at radius 1 is 1.13 bits per heavy atom. The van der Waals surface area contributed by atoms with Crippen LogP contribution in [0.15, 0.2) is 59.5 Å². The summed E-state index contributed by atoms with van der Waals surface area (Å²) in [7, 11) is -2.52. The van der Waals surface area contributed by atoms with Crippen LogP contribution in [0.1, 0.15) is 45.2 Å². The quantitative estimate of drug-likeness (QED) is 0.209. The zero-order chi connectivity index (χ0) is 31.7. The van der Waals surface area contributed by atoms with Crippen LogP contribution in [0.5, 0.6) is 0 Å². The fourth-order valence-corrected chi connectivity index (χ4v) is 9.09. The average molecular weight is 663 g/mol. The number of fused-ring (bicyclic) bond motifs is 2. The number of sulfonamides is 1. The minimum absolute atomic E-state index is 0.0162. The monoisotopic (exact) mass is 662 g/mol. The second-order valence-corrected chi connectivity index (χ2v) is 14.3. The first-order chi connectivity index (χ1) is 21.4. The van der Waals surface area contributed by atoms with E-state index in [2.05, 4.69) is 15.2 Å². The van der Waals surface area contributed by atoms with Crippen LogP contribution in [0.2, 0.25) is 0 Å². The molecule has 4 aromatic rings. The van der Waals surface area contributed by atoms with Gasteiger partial charge in [0.2, 0.25) is 5.78 Å². The first kappa shape index (κ1) is 30.0.